The van der Waals surface area contributed by atoms with Crippen molar-refractivity contribution in [2.45, 2.75) is 39.5 Å². The predicted molar refractivity (Wildman–Crippen MR) is 109 cm³/mol. The fourth-order valence-electron chi connectivity index (χ4n) is 2.58. The van der Waals surface area contributed by atoms with Crippen LogP contribution in [-0.4, -0.2) is 19.7 Å². The smallest absolute Gasteiger partial charge is 0.119 e. The van der Waals surface area contributed by atoms with Crippen LogP contribution in [-0.2, 0) is 0 Å². The fourth-order valence-corrected chi connectivity index (χ4v) is 2.75. The molecule has 0 aliphatic heterocycles. The lowest BCUT2D eigenvalue weighted by Gasteiger charge is -2.12. The molecule has 0 heterocycles. The molecule has 136 valence electrons. The maximum absolute atomic E-state index is 6.03. The van der Waals surface area contributed by atoms with Crippen LogP contribution in [0.15, 0.2) is 42.5 Å². The highest BCUT2D eigenvalue weighted by molar-refractivity contribution is 6.30. The number of hydrogen-bond donors (Lipinski definition) is 2. The van der Waals surface area contributed by atoms with Crippen molar-refractivity contribution < 1.29 is 4.74 Å². The molecule has 0 atom stereocenters. The Balaban J connectivity index is 1.66. The molecule has 0 saturated carbocycles. The van der Waals surface area contributed by atoms with Gasteiger partial charge in [-0.15, -0.1) is 0 Å². The number of aryl methyl sites for hydroxylation is 1. The summed E-state index contributed by atoms with van der Waals surface area (Å²) in [6.07, 6.45) is 4.92. The molecule has 2 N–H and O–H groups in total. The van der Waals surface area contributed by atoms with Gasteiger partial charge in [-0.25, -0.2) is 0 Å². The molecule has 0 aliphatic rings. The summed E-state index contributed by atoms with van der Waals surface area (Å²) in [6, 6.07) is 14.1. The van der Waals surface area contributed by atoms with E-state index in [-0.39, 0.29) is 0 Å². The van der Waals surface area contributed by atoms with Gasteiger partial charge in [0, 0.05) is 29.5 Å². The monoisotopic (exact) mass is 360 g/mol. The zero-order valence-electron chi connectivity index (χ0n) is 15.3. The number of rotatable bonds is 11. The quantitative estimate of drug-likeness (QED) is 0.473. The Morgan fingerprint density at radius 3 is 2.44 bits per heavy atom. The molecule has 2 aromatic carbocycles. The van der Waals surface area contributed by atoms with Crippen molar-refractivity contribution in [3.8, 4) is 5.75 Å². The number of ether oxygens (including phenoxy) is 1. The number of halogens is 1. The van der Waals surface area contributed by atoms with Gasteiger partial charge < -0.3 is 15.4 Å². The van der Waals surface area contributed by atoms with Crippen molar-refractivity contribution in [2.75, 3.05) is 30.3 Å². The summed E-state index contributed by atoms with van der Waals surface area (Å²) in [5.74, 6) is 0.940. The second kappa shape index (κ2) is 10.9. The Labute approximate surface area is 156 Å². The van der Waals surface area contributed by atoms with E-state index in [1.54, 1.807) is 0 Å². The molecule has 0 fully saturated rings. The lowest BCUT2D eigenvalue weighted by molar-refractivity contribution is 0.305. The third-order valence-electron chi connectivity index (χ3n) is 4.09. The minimum absolute atomic E-state index is 0.756. The molecule has 0 amide bonds. The predicted octanol–water partition coefficient (Wildman–Crippen LogP) is 6.13. The molecule has 2 aromatic rings. The lowest BCUT2D eigenvalue weighted by atomic mass is 10.2. The highest BCUT2D eigenvalue weighted by Crippen LogP contribution is 2.20. The van der Waals surface area contributed by atoms with Crippen LogP contribution in [0.25, 0.3) is 0 Å². The van der Waals surface area contributed by atoms with Crippen LogP contribution in [0.5, 0.6) is 5.75 Å². The molecule has 0 unspecified atom stereocenters. The molecular weight excluding hydrogens is 332 g/mol. The second-order valence-corrected chi connectivity index (χ2v) is 6.68. The summed E-state index contributed by atoms with van der Waals surface area (Å²) in [6.45, 7) is 6.76. The first kappa shape index (κ1) is 19.5. The number of anilines is 2. The van der Waals surface area contributed by atoms with E-state index in [9.17, 15) is 0 Å². The van der Waals surface area contributed by atoms with Gasteiger partial charge >= 0.3 is 0 Å². The van der Waals surface area contributed by atoms with Crippen LogP contribution in [0.3, 0.4) is 0 Å². The largest absolute Gasteiger partial charge is 0.494 e. The van der Waals surface area contributed by atoms with E-state index in [0.717, 1.165) is 48.3 Å². The van der Waals surface area contributed by atoms with E-state index in [4.69, 9.17) is 16.3 Å². The Bertz CT molecular complexity index is 628. The Hall–Kier alpha value is -1.87. The van der Waals surface area contributed by atoms with Gasteiger partial charge in [0.05, 0.1) is 6.61 Å². The molecule has 3 nitrogen and oxygen atoms in total. The number of hydrogen-bond acceptors (Lipinski definition) is 3. The highest BCUT2D eigenvalue weighted by atomic mass is 35.5. The average molecular weight is 361 g/mol. The van der Waals surface area contributed by atoms with Gasteiger partial charge in [-0.3, -0.25) is 0 Å². The molecule has 0 saturated heterocycles. The van der Waals surface area contributed by atoms with Gasteiger partial charge in [0.25, 0.3) is 0 Å². The van der Waals surface area contributed by atoms with Gasteiger partial charge in [-0.2, -0.15) is 0 Å². The van der Waals surface area contributed by atoms with Crippen LogP contribution >= 0.6 is 11.6 Å². The third kappa shape index (κ3) is 7.27. The molecule has 0 aromatic heterocycles. The fraction of sp³-hybridized carbons (Fsp3) is 0.429. The zero-order valence-corrected chi connectivity index (χ0v) is 16.0. The summed E-state index contributed by atoms with van der Waals surface area (Å²) in [5, 5.41) is 7.57. The van der Waals surface area contributed by atoms with E-state index < -0.39 is 0 Å². The van der Waals surface area contributed by atoms with Gasteiger partial charge in [-0.05, 0) is 55.3 Å². The number of nitrogens with one attached hydrogen (secondary N) is 2. The van der Waals surface area contributed by atoms with Crippen molar-refractivity contribution in [2.24, 2.45) is 0 Å². The topological polar surface area (TPSA) is 33.3 Å². The maximum atomic E-state index is 6.03. The zero-order chi connectivity index (χ0) is 17.9. The summed E-state index contributed by atoms with van der Waals surface area (Å²) in [4.78, 5) is 0. The third-order valence-corrected chi connectivity index (χ3v) is 4.33. The van der Waals surface area contributed by atoms with Crippen molar-refractivity contribution >= 4 is 23.0 Å². The second-order valence-electron chi connectivity index (χ2n) is 6.25. The maximum Gasteiger partial charge on any atom is 0.119 e. The summed E-state index contributed by atoms with van der Waals surface area (Å²) >= 11 is 6.03. The Morgan fingerprint density at radius 1 is 0.920 bits per heavy atom. The molecule has 2 rings (SSSR count). The minimum Gasteiger partial charge on any atom is -0.494 e. The van der Waals surface area contributed by atoms with Crippen LogP contribution in [0.1, 0.15) is 38.2 Å². The van der Waals surface area contributed by atoms with Gasteiger partial charge in [0.2, 0.25) is 0 Å². The van der Waals surface area contributed by atoms with Crippen molar-refractivity contribution in [1.29, 1.82) is 0 Å². The average Bonchev–Trinajstić information content (AvgIpc) is 2.62. The number of unbranched alkanes of at least 4 members (excludes halogenated alkanes) is 3. The standard InChI is InChI=1S/C21H29ClN2O/c1-3-4-5-6-15-25-20-11-9-19(10-12-20)23-13-14-24-21-16-18(22)8-7-17(21)2/h7-12,16,23-24H,3-6,13-15H2,1-2H3. The van der Waals surface area contributed by atoms with Gasteiger partial charge in [0.15, 0.2) is 0 Å². The van der Waals surface area contributed by atoms with E-state index in [1.165, 1.54) is 24.8 Å². The molecule has 0 aliphatic carbocycles. The van der Waals surface area contributed by atoms with Crippen LogP contribution in [0.2, 0.25) is 5.02 Å². The lowest BCUT2D eigenvalue weighted by Crippen LogP contribution is -2.14. The SMILES string of the molecule is CCCCCCOc1ccc(NCCNc2cc(Cl)ccc2C)cc1. The first-order valence-electron chi connectivity index (χ1n) is 9.16. The highest BCUT2D eigenvalue weighted by Gasteiger charge is 1.99. The van der Waals surface area contributed by atoms with Crippen molar-refractivity contribution in [3.63, 3.8) is 0 Å². The molecule has 25 heavy (non-hydrogen) atoms. The van der Waals surface area contributed by atoms with Gasteiger partial charge in [-0.1, -0.05) is 43.9 Å². The molecule has 4 heteroatoms. The number of benzene rings is 2. The minimum atomic E-state index is 0.756. The van der Waals surface area contributed by atoms with E-state index in [0.29, 0.717) is 0 Å². The summed E-state index contributed by atoms with van der Waals surface area (Å²) in [5.41, 5.74) is 3.38. The molecule has 0 bridgehead atoms. The van der Waals surface area contributed by atoms with Gasteiger partial charge in [0.1, 0.15) is 5.75 Å². The summed E-state index contributed by atoms with van der Waals surface area (Å²) in [7, 11) is 0. The first-order valence-corrected chi connectivity index (χ1v) is 9.53. The van der Waals surface area contributed by atoms with Crippen molar-refractivity contribution in [1.82, 2.24) is 0 Å². The Kier molecular flexibility index (Phi) is 8.47. The molecule has 0 spiro atoms. The van der Waals surface area contributed by atoms with Crippen molar-refractivity contribution in [3.05, 3.63) is 53.1 Å². The molecule has 0 radical (unpaired) electrons. The Morgan fingerprint density at radius 2 is 1.68 bits per heavy atom. The first-order chi connectivity index (χ1) is 12.2. The normalized spacial score (nSPS) is 10.5. The summed E-state index contributed by atoms with van der Waals surface area (Å²) < 4.78 is 5.76. The van der Waals surface area contributed by atoms with E-state index in [2.05, 4.69) is 36.6 Å². The van der Waals surface area contributed by atoms with E-state index in [1.807, 2.05) is 30.3 Å². The van der Waals surface area contributed by atoms with E-state index >= 15 is 0 Å². The van der Waals surface area contributed by atoms with Crippen LogP contribution in [0, 0.1) is 6.92 Å². The van der Waals surface area contributed by atoms with Crippen LogP contribution in [0.4, 0.5) is 11.4 Å². The van der Waals surface area contributed by atoms with Crippen LogP contribution < -0.4 is 15.4 Å². The molecular formula is C21H29ClN2O.